The molecule has 0 spiro atoms. The summed E-state index contributed by atoms with van der Waals surface area (Å²) in [6.45, 7) is 4.91. The van der Waals surface area contributed by atoms with Crippen molar-refractivity contribution >= 4 is 11.5 Å². The maximum atomic E-state index is 11.2. The normalized spacial score (nSPS) is 10.4. The quantitative estimate of drug-likeness (QED) is 0.402. The summed E-state index contributed by atoms with van der Waals surface area (Å²) in [4.78, 5) is 18.9. The van der Waals surface area contributed by atoms with E-state index in [1.54, 1.807) is 6.92 Å². The Balaban J connectivity index is 3.06. The molecule has 0 saturated carbocycles. The van der Waals surface area contributed by atoms with Crippen LogP contribution in [0.1, 0.15) is 38.9 Å². The van der Waals surface area contributed by atoms with Crippen LogP contribution >= 0.6 is 0 Å². The van der Waals surface area contributed by atoms with Crippen LogP contribution in [0.3, 0.4) is 0 Å². The number of anilines is 1. The molecule has 0 aliphatic carbocycles. The highest BCUT2D eigenvalue weighted by Crippen LogP contribution is 2.32. The van der Waals surface area contributed by atoms with Gasteiger partial charge in [0.1, 0.15) is 6.61 Å². The van der Waals surface area contributed by atoms with Gasteiger partial charge in [-0.2, -0.15) is 4.98 Å². The smallest absolute Gasteiger partial charge is 0.372 e. The molecule has 0 saturated heterocycles. The number of methoxy groups -OCH3 is 1. The Morgan fingerprint density at radius 1 is 1.29 bits per heavy atom. The zero-order chi connectivity index (χ0) is 15.7. The summed E-state index contributed by atoms with van der Waals surface area (Å²) in [5.74, 6) is 0.508. The number of hydrogen-bond donors (Lipinski definition) is 1. The van der Waals surface area contributed by atoms with Gasteiger partial charge in [0.05, 0.1) is 11.5 Å². The summed E-state index contributed by atoms with van der Waals surface area (Å²) >= 11 is 0. The summed E-state index contributed by atoms with van der Waals surface area (Å²) in [7, 11) is 1.51. The maximum Gasteiger partial charge on any atom is 0.372 e. The fourth-order valence-corrected chi connectivity index (χ4v) is 1.78. The van der Waals surface area contributed by atoms with E-state index in [-0.39, 0.29) is 24.0 Å². The van der Waals surface area contributed by atoms with E-state index in [0.29, 0.717) is 19.0 Å². The molecule has 1 rings (SSSR count). The predicted molar refractivity (Wildman–Crippen MR) is 78.6 cm³/mol. The Hall–Kier alpha value is -1.96. The summed E-state index contributed by atoms with van der Waals surface area (Å²) in [6.07, 6.45) is 3.04. The number of rotatable bonds is 10. The van der Waals surface area contributed by atoms with Gasteiger partial charge in [0.2, 0.25) is 5.82 Å². The van der Waals surface area contributed by atoms with Crippen molar-refractivity contribution < 1.29 is 14.4 Å². The summed E-state index contributed by atoms with van der Waals surface area (Å²) in [5.41, 5.74) is -0.229. The molecular weight excluding hydrogens is 276 g/mol. The van der Waals surface area contributed by atoms with Gasteiger partial charge in [-0.25, -0.2) is 4.98 Å². The Morgan fingerprint density at radius 3 is 2.62 bits per heavy atom. The third-order valence-corrected chi connectivity index (χ3v) is 2.71. The van der Waals surface area contributed by atoms with Crippen LogP contribution in [0.15, 0.2) is 0 Å². The zero-order valence-electron chi connectivity index (χ0n) is 12.7. The Morgan fingerprint density at radius 2 is 2.05 bits per heavy atom. The van der Waals surface area contributed by atoms with E-state index in [1.807, 2.05) is 0 Å². The average molecular weight is 298 g/mol. The van der Waals surface area contributed by atoms with Crippen molar-refractivity contribution in [2.75, 3.05) is 25.6 Å². The molecular formula is C13H22N4O4. The lowest BCUT2D eigenvalue weighted by Crippen LogP contribution is -2.12. The Bertz CT molecular complexity index is 468. The maximum absolute atomic E-state index is 11.2. The monoisotopic (exact) mass is 298 g/mol. The van der Waals surface area contributed by atoms with Crippen LogP contribution in [-0.2, 0) is 11.3 Å². The number of unbranched alkanes of at least 4 members (excludes halogenated alkanes) is 2. The molecule has 118 valence electrons. The van der Waals surface area contributed by atoms with Gasteiger partial charge in [0.15, 0.2) is 5.82 Å². The van der Waals surface area contributed by atoms with E-state index in [4.69, 9.17) is 9.47 Å². The molecule has 1 N–H and O–H groups in total. The van der Waals surface area contributed by atoms with Crippen molar-refractivity contribution in [2.45, 2.75) is 39.7 Å². The minimum atomic E-state index is -0.524. The van der Waals surface area contributed by atoms with E-state index in [2.05, 4.69) is 22.2 Å². The predicted octanol–water partition coefficient (Wildman–Crippen LogP) is 2.53. The number of nitrogens with zero attached hydrogens (tertiary/aromatic N) is 3. The molecule has 8 heteroatoms. The molecule has 0 fully saturated rings. The fraction of sp³-hybridized carbons (Fsp3) is 0.692. The van der Waals surface area contributed by atoms with Gasteiger partial charge in [-0.05, 0) is 13.3 Å². The lowest BCUT2D eigenvalue weighted by molar-refractivity contribution is -0.385. The van der Waals surface area contributed by atoms with Crippen molar-refractivity contribution in [1.82, 2.24) is 9.97 Å². The van der Waals surface area contributed by atoms with Crippen LogP contribution in [-0.4, -0.2) is 35.2 Å². The first-order chi connectivity index (χ1) is 10.1. The molecule has 1 aromatic rings. The molecule has 21 heavy (non-hydrogen) atoms. The van der Waals surface area contributed by atoms with Gasteiger partial charge >= 0.3 is 5.69 Å². The van der Waals surface area contributed by atoms with Crippen molar-refractivity contribution in [3.05, 3.63) is 15.9 Å². The number of ether oxygens (including phenoxy) is 2. The first kappa shape index (κ1) is 17.1. The third-order valence-electron chi connectivity index (χ3n) is 2.71. The summed E-state index contributed by atoms with van der Waals surface area (Å²) < 4.78 is 10.2. The second-order valence-corrected chi connectivity index (χ2v) is 4.40. The van der Waals surface area contributed by atoms with Gasteiger partial charge in [-0.3, -0.25) is 10.1 Å². The molecule has 0 atom stereocenters. The third kappa shape index (κ3) is 5.14. The molecule has 0 radical (unpaired) electrons. The molecule has 1 aromatic heterocycles. The van der Waals surface area contributed by atoms with Crippen LogP contribution in [0, 0.1) is 10.1 Å². The number of hydrogen-bond acceptors (Lipinski definition) is 7. The lowest BCUT2D eigenvalue weighted by atomic mass is 10.2. The first-order valence-corrected chi connectivity index (χ1v) is 7.04. The minimum absolute atomic E-state index is 0.0254. The highest BCUT2D eigenvalue weighted by Gasteiger charge is 2.26. The van der Waals surface area contributed by atoms with Crippen LogP contribution in [0.4, 0.5) is 11.5 Å². The van der Waals surface area contributed by atoms with E-state index < -0.39 is 4.92 Å². The SMILES string of the molecule is CCCCCNc1nc(COC)nc(OCC)c1[N+](=O)[O-]. The van der Waals surface area contributed by atoms with Crippen LogP contribution in [0.5, 0.6) is 5.88 Å². The Kier molecular flexibility index (Phi) is 7.38. The van der Waals surface area contributed by atoms with Gasteiger partial charge in [-0.1, -0.05) is 19.8 Å². The fourth-order valence-electron chi connectivity index (χ4n) is 1.78. The largest absolute Gasteiger partial charge is 0.473 e. The van der Waals surface area contributed by atoms with Gasteiger partial charge in [-0.15, -0.1) is 0 Å². The van der Waals surface area contributed by atoms with Gasteiger partial charge < -0.3 is 14.8 Å². The van der Waals surface area contributed by atoms with Gasteiger partial charge in [0, 0.05) is 13.7 Å². The molecule has 0 bridgehead atoms. The number of nitrogens with one attached hydrogen (secondary N) is 1. The molecule has 0 amide bonds. The molecule has 0 aliphatic rings. The van der Waals surface area contributed by atoms with E-state index >= 15 is 0 Å². The van der Waals surface area contributed by atoms with Crippen molar-refractivity contribution in [2.24, 2.45) is 0 Å². The van der Waals surface area contributed by atoms with Crippen molar-refractivity contribution in [3.8, 4) is 5.88 Å². The topological polar surface area (TPSA) is 99.4 Å². The Labute approximate surface area is 124 Å². The minimum Gasteiger partial charge on any atom is -0.473 e. The van der Waals surface area contributed by atoms with E-state index in [1.165, 1.54) is 7.11 Å². The molecule has 0 aromatic carbocycles. The van der Waals surface area contributed by atoms with Crippen LogP contribution in [0.25, 0.3) is 0 Å². The zero-order valence-corrected chi connectivity index (χ0v) is 12.7. The number of aromatic nitrogens is 2. The van der Waals surface area contributed by atoms with Crippen LogP contribution < -0.4 is 10.1 Å². The summed E-state index contributed by atoms with van der Waals surface area (Å²) in [5, 5.41) is 14.2. The summed E-state index contributed by atoms with van der Waals surface area (Å²) in [6, 6.07) is 0. The van der Waals surface area contributed by atoms with Gasteiger partial charge in [0.25, 0.3) is 5.88 Å². The molecule has 8 nitrogen and oxygen atoms in total. The van der Waals surface area contributed by atoms with Crippen LogP contribution in [0.2, 0.25) is 0 Å². The highest BCUT2D eigenvalue weighted by molar-refractivity contribution is 5.61. The van der Waals surface area contributed by atoms with E-state index in [0.717, 1.165) is 19.3 Å². The number of nitro groups is 1. The van der Waals surface area contributed by atoms with E-state index in [9.17, 15) is 10.1 Å². The molecule has 0 unspecified atom stereocenters. The molecule has 0 aliphatic heterocycles. The average Bonchev–Trinajstić information content (AvgIpc) is 2.44. The van der Waals surface area contributed by atoms with Crippen molar-refractivity contribution in [3.63, 3.8) is 0 Å². The second-order valence-electron chi connectivity index (χ2n) is 4.40. The molecule has 1 heterocycles. The first-order valence-electron chi connectivity index (χ1n) is 7.04. The second kappa shape index (κ2) is 9.06. The lowest BCUT2D eigenvalue weighted by Gasteiger charge is -2.11. The highest BCUT2D eigenvalue weighted by atomic mass is 16.6. The standard InChI is InChI=1S/C13H22N4O4/c1-4-6-7-8-14-12-11(17(18)19)13(21-5-2)16-10(15-12)9-20-3/h4-9H2,1-3H3,(H,14,15,16). The van der Waals surface area contributed by atoms with Crippen molar-refractivity contribution in [1.29, 1.82) is 0 Å².